The molecule has 3 atom stereocenters. The fraction of sp³-hybridized carbons (Fsp3) is 0.850. The van der Waals surface area contributed by atoms with Crippen LogP contribution in [0.3, 0.4) is 0 Å². The summed E-state index contributed by atoms with van der Waals surface area (Å²) in [5, 5.41) is 28.8. The lowest BCUT2D eigenvalue weighted by molar-refractivity contribution is -0.137. The van der Waals surface area contributed by atoms with Gasteiger partial charge in [0.15, 0.2) is 0 Å². The molecular weight excluding hydrogens is 304 g/mol. The van der Waals surface area contributed by atoms with Gasteiger partial charge in [-0.25, -0.2) is 0 Å². The lowest BCUT2D eigenvalue weighted by Crippen LogP contribution is -2.10. The van der Waals surface area contributed by atoms with Gasteiger partial charge in [0.05, 0.1) is 12.2 Å². The number of carboxylic acid groups (broad SMARTS) is 1. The van der Waals surface area contributed by atoms with Gasteiger partial charge < -0.3 is 15.3 Å². The fourth-order valence-corrected chi connectivity index (χ4v) is 3.62. The number of aliphatic hydroxyl groups excluding tert-OH is 2. The maximum absolute atomic E-state index is 10.5. The fourth-order valence-electron chi connectivity index (χ4n) is 3.62. The number of hydrogen-bond donors (Lipinski definition) is 3. The Hall–Kier alpha value is -0.870. The molecule has 0 radical (unpaired) electrons. The number of hydrogen-bond acceptors (Lipinski definition) is 3. The third kappa shape index (κ3) is 8.84. The first-order valence-electron chi connectivity index (χ1n) is 9.82. The highest BCUT2D eigenvalue weighted by Gasteiger charge is 2.28. The summed E-state index contributed by atoms with van der Waals surface area (Å²) >= 11 is 0. The molecule has 1 rings (SSSR count). The lowest BCUT2D eigenvalue weighted by atomic mass is 9.93. The van der Waals surface area contributed by atoms with Crippen LogP contribution < -0.4 is 0 Å². The zero-order chi connectivity index (χ0) is 17.8. The van der Waals surface area contributed by atoms with E-state index in [1.54, 1.807) is 0 Å². The van der Waals surface area contributed by atoms with Gasteiger partial charge in [-0.05, 0) is 50.0 Å². The Bertz CT molecular complexity index is 378. The van der Waals surface area contributed by atoms with Crippen LogP contribution in [0.1, 0.15) is 90.4 Å². The molecule has 3 N–H and O–H groups in total. The predicted molar refractivity (Wildman–Crippen MR) is 96.9 cm³/mol. The molecule has 0 heterocycles. The Labute approximate surface area is 147 Å². The molecule has 1 saturated carbocycles. The number of unbranched alkanes of at least 4 members (excludes halogenated alkanes) is 5. The molecule has 1 unspecified atom stereocenters. The van der Waals surface area contributed by atoms with Crippen LogP contribution in [0.2, 0.25) is 0 Å². The zero-order valence-corrected chi connectivity index (χ0v) is 15.3. The van der Waals surface area contributed by atoms with Crippen LogP contribution in [0, 0.1) is 5.92 Å². The van der Waals surface area contributed by atoms with Crippen LogP contribution in [0.5, 0.6) is 0 Å². The summed E-state index contributed by atoms with van der Waals surface area (Å²) in [6, 6.07) is 0. The number of aliphatic hydroxyl groups is 2. The van der Waals surface area contributed by atoms with Gasteiger partial charge in [-0.15, -0.1) is 0 Å². The minimum absolute atomic E-state index is 0.267. The van der Waals surface area contributed by atoms with E-state index in [1.807, 2.05) is 0 Å². The number of rotatable bonds is 13. The molecule has 140 valence electrons. The molecule has 0 aromatic rings. The summed E-state index contributed by atoms with van der Waals surface area (Å²) in [4.78, 5) is 10.5. The molecule has 1 fully saturated rings. The molecular formula is C20H36O4. The van der Waals surface area contributed by atoms with Crippen LogP contribution in [-0.2, 0) is 4.79 Å². The summed E-state index contributed by atoms with van der Waals surface area (Å²) in [5.41, 5.74) is 1.13. The normalized spacial score (nSPS) is 23.7. The minimum atomic E-state index is -0.711. The van der Waals surface area contributed by atoms with Gasteiger partial charge in [-0.1, -0.05) is 51.5 Å². The lowest BCUT2D eigenvalue weighted by Gasteiger charge is -2.15. The highest BCUT2D eigenvalue weighted by Crippen LogP contribution is 2.35. The summed E-state index contributed by atoms with van der Waals surface area (Å²) in [6.07, 6.45) is 13.5. The van der Waals surface area contributed by atoms with E-state index in [4.69, 9.17) is 5.11 Å². The summed E-state index contributed by atoms with van der Waals surface area (Å²) in [5.74, 6) is -0.265. The molecule has 0 aliphatic heterocycles. The van der Waals surface area contributed by atoms with E-state index in [-0.39, 0.29) is 18.6 Å². The molecule has 1 aliphatic carbocycles. The van der Waals surface area contributed by atoms with Crippen molar-refractivity contribution in [1.29, 1.82) is 0 Å². The van der Waals surface area contributed by atoms with Crippen LogP contribution in [0.25, 0.3) is 0 Å². The Morgan fingerprint density at radius 1 is 1.17 bits per heavy atom. The maximum atomic E-state index is 10.5. The Morgan fingerprint density at radius 2 is 1.92 bits per heavy atom. The van der Waals surface area contributed by atoms with Crippen LogP contribution in [0.15, 0.2) is 11.6 Å². The van der Waals surface area contributed by atoms with E-state index in [0.29, 0.717) is 12.3 Å². The highest BCUT2D eigenvalue weighted by atomic mass is 16.4. The summed E-state index contributed by atoms with van der Waals surface area (Å²) in [6.45, 7) is 2.16. The number of aliphatic carboxylic acids is 1. The monoisotopic (exact) mass is 340 g/mol. The van der Waals surface area contributed by atoms with E-state index in [2.05, 4.69) is 13.0 Å². The van der Waals surface area contributed by atoms with E-state index in [1.165, 1.54) is 12.8 Å². The van der Waals surface area contributed by atoms with Crippen LogP contribution in [0.4, 0.5) is 0 Å². The van der Waals surface area contributed by atoms with Crippen molar-refractivity contribution in [3.63, 3.8) is 0 Å². The SMILES string of the molecule is CCCCC[C@H](O)C/C=C1/C(O)CC[C@@H]1CCCCCCC(=O)O. The molecule has 0 amide bonds. The molecule has 1 aliphatic rings. The van der Waals surface area contributed by atoms with Crippen molar-refractivity contribution < 1.29 is 20.1 Å². The Kier molecular flexibility index (Phi) is 11.0. The quantitative estimate of drug-likeness (QED) is 0.342. The van der Waals surface area contributed by atoms with Crippen molar-refractivity contribution in [2.45, 2.75) is 103 Å². The van der Waals surface area contributed by atoms with Gasteiger partial charge in [-0.2, -0.15) is 0 Å². The smallest absolute Gasteiger partial charge is 0.303 e. The second-order valence-electron chi connectivity index (χ2n) is 7.23. The molecule has 0 saturated heterocycles. The average molecular weight is 341 g/mol. The predicted octanol–water partition coefficient (Wildman–Crippen LogP) is 4.44. The Morgan fingerprint density at radius 3 is 2.62 bits per heavy atom. The van der Waals surface area contributed by atoms with E-state index in [0.717, 1.165) is 63.4 Å². The topological polar surface area (TPSA) is 77.8 Å². The maximum Gasteiger partial charge on any atom is 0.303 e. The third-order valence-electron chi connectivity index (χ3n) is 5.10. The molecule has 0 aromatic heterocycles. The second kappa shape index (κ2) is 12.5. The highest BCUT2D eigenvalue weighted by molar-refractivity contribution is 5.66. The molecule has 4 nitrogen and oxygen atoms in total. The largest absolute Gasteiger partial charge is 0.481 e. The zero-order valence-electron chi connectivity index (χ0n) is 15.3. The standard InChI is InChI=1S/C20H36O4/c1-2-3-6-10-17(21)13-14-18-16(12-15-19(18)22)9-7-4-5-8-11-20(23)24/h14,16-17,19,21-22H,2-13,15H2,1H3,(H,23,24)/b18-14+/t16-,17-,19?/m0/s1. The van der Waals surface area contributed by atoms with Gasteiger partial charge in [0.2, 0.25) is 0 Å². The molecule has 0 aromatic carbocycles. The first kappa shape index (κ1) is 21.2. The van der Waals surface area contributed by atoms with Crippen molar-refractivity contribution in [3.05, 3.63) is 11.6 Å². The van der Waals surface area contributed by atoms with Crippen molar-refractivity contribution >= 4 is 5.97 Å². The third-order valence-corrected chi connectivity index (χ3v) is 5.10. The summed E-state index contributed by atoms with van der Waals surface area (Å²) < 4.78 is 0. The Balaban J connectivity index is 2.28. The van der Waals surface area contributed by atoms with Crippen LogP contribution in [-0.4, -0.2) is 33.5 Å². The van der Waals surface area contributed by atoms with Crippen LogP contribution >= 0.6 is 0 Å². The van der Waals surface area contributed by atoms with Crippen molar-refractivity contribution in [3.8, 4) is 0 Å². The first-order valence-corrected chi connectivity index (χ1v) is 9.82. The second-order valence-corrected chi connectivity index (χ2v) is 7.23. The van der Waals surface area contributed by atoms with Crippen molar-refractivity contribution in [1.82, 2.24) is 0 Å². The van der Waals surface area contributed by atoms with Gasteiger partial charge in [-0.3, -0.25) is 4.79 Å². The van der Waals surface area contributed by atoms with E-state index >= 15 is 0 Å². The molecule has 4 heteroatoms. The average Bonchev–Trinajstić information content (AvgIpc) is 2.89. The summed E-state index contributed by atoms with van der Waals surface area (Å²) in [7, 11) is 0. The van der Waals surface area contributed by atoms with Gasteiger partial charge in [0.1, 0.15) is 0 Å². The minimum Gasteiger partial charge on any atom is -0.481 e. The first-order chi connectivity index (χ1) is 11.5. The van der Waals surface area contributed by atoms with Gasteiger partial charge in [0, 0.05) is 6.42 Å². The molecule has 0 bridgehead atoms. The van der Waals surface area contributed by atoms with Crippen molar-refractivity contribution in [2.75, 3.05) is 0 Å². The van der Waals surface area contributed by atoms with Crippen molar-refractivity contribution in [2.24, 2.45) is 5.92 Å². The van der Waals surface area contributed by atoms with Gasteiger partial charge >= 0.3 is 5.97 Å². The van der Waals surface area contributed by atoms with Gasteiger partial charge in [0.25, 0.3) is 0 Å². The van der Waals surface area contributed by atoms with E-state index < -0.39 is 5.97 Å². The molecule has 0 spiro atoms. The molecule has 24 heavy (non-hydrogen) atoms. The van der Waals surface area contributed by atoms with E-state index in [9.17, 15) is 15.0 Å². The number of carboxylic acids is 1. The number of carbonyl (C=O) groups is 1.